The first-order chi connectivity index (χ1) is 14.2. The summed E-state index contributed by atoms with van der Waals surface area (Å²) in [6, 6.07) is 32.0. The number of phenols is 1. The molecule has 142 valence electrons. The van der Waals surface area contributed by atoms with Gasteiger partial charge < -0.3 is 15.7 Å². The molecule has 4 aromatic rings. The van der Waals surface area contributed by atoms with Crippen LogP contribution in [0.4, 0.5) is 16.2 Å². The van der Waals surface area contributed by atoms with Crippen molar-refractivity contribution < 1.29 is 9.90 Å². The quantitative estimate of drug-likeness (QED) is 0.360. The number of carbonyl (C=O) groups is 1. The molecule has 4 nitrogen and oxygen atoms in total. The van der Waals surface area contributed by atoms with E-state index < -0.39 is 6.03 Å². The van der Waals surface area contributed by atoms with Crippen LogP contribution in [0.3, 0.4) is 0 Å². The minimum Gasteiger partial charge on any atom is -0.506 e. The van der Waals surface area contributed by atoms with E-state index in [0.717, 1.165) is 22.3 Å². The number of aromatic hydroxyl groups is 1. The van der Waals surface area contributed by atoms with Crippen molar-refractivity contribution in [3.63, 3.8) is 0 Å². The van der Waals surface area contributed by atoms with Gasteiger partial charge in [0.05, 0.1) is 11.4 Å². The summed E-state index contributed by atoms with van der Waals surface area (Å²) < 4.78 is 0. The molecule has 0 spiro atoms. The summed E-state index contributed by atoms with van der Waals surface area (Å²) in [5, 5.41) is 15.8. The minimum atomic E-state index is -0.422. The lowest BCUT2D eigenvalue weighted by atomic mass is 10.0. The maximum Gasteiger partial charge on any atom is 0.323 e. The second kappa shape index (κ2) is 8.31. The standard InChI is InChI=1S/C25H20N2O2/c28-24-16-15-20(18-9-3-1-4-10-18)17-23(24)27-25(29)26-22-14-8-7-13-21(22)19-11-5-2-6-12-19/h1-17,28H,(H2,26,27,29). The Bertz CT molecular complexity index is 1130. The zero-order valence-electron chi connectivity index (χ0n) is 15.7. The highest BCUT2D eigenvalue weighted by Gasteiger charge is 2.11. The normalized spacial score (nSPS) is 10.3. The van der Waals surface area contributed by atoms with E-state index in [9.17, 15) is 9.90 Å². The third-order valence-electron chi connectivity index (χ3n) is 4.61. The van der Waals surface area contributed by atoms with Gasteiger partial charge in [0.2, 0.25) is 0 Å². The summed E-state index contributed by atoms with van der Waals surface area (Å²) in [4.78, 5) is 12.6. The minimum absolute atomic E-state index is 0.0103. The Labute approximate surface area is 169 Å². The van der Waals surface area contributed by atoms with Crippen molar-refractivity contribution in [3.05, 3.63) is 103 Å². The summed E-state index contributed by atoms with van der Waals surface area (Å²) in [5.41, 5.74) is 4.88. The van der Waals surface area contributed by atoms with Crippen LogP contribution in [0.15, 0.2) is 103 Å². The fourth-order valence-corrected chi connectivity index (χ4v) is 3.18. The summed E-state index contributed by atoms with van der Waals surface area (Å²) in [5.74, 6) is 0.0103. The molecule has 0 heterocycles. The van der Waals surface area contributed by atoms with Gasteiger partial charge in [-0.1, -0.05) is 84.9 Å². The van der Waals surface area contributed by atoms with E-state index in [1.165, 1.54) is 0 Å². The number of rotatable bonds is 4. The van der Waals surface area contributed by atoms with E-state index in [0.29, 0.717) is 11.4 Å². The number of carbonyl (C=O) groups excluding carboxylic acids is 1. The van der Waals surface area contributed by atoms with Crippen molar-refractivity contribution in [3.8, 4) is 28.0 Å². The zero-order chi connectivity index (χ0) is 20.1. The summed E-state index contributed by atoms with van der Waals surface area (Å²) in [6.45, 7) is 0. The average Bonchev–Trinajstić information content (AvgIpc) is 2.77. The molecule has 0 aliphatic carbocycles. The van der Waals surface area contributed by atoms with E-state index in [-0.39, 0.29) is 5.75 Å². The Balaban J connectivity index is 1.56. The first-order valence-electron chi connectivity index (χ1n) is 9.31. The Morgan fingerprint density at radius 3 is 1.90 bits per heavy atom. The maximum atomic E-state index is 12.6. The van der Waals surface area contributed by atoms with Crippen molar-refractivity contribution in [2.75, 3.05) is 10.6 Å². The van der Waals surface area contributed by atoms with Crippen molar-refractivity contribution in [2.24, 2.45) is 0 Å². The third-order valence-corrected chi connectivity index (χ3v) is 4.61. The van der Waals surface area contributed by atoms with Crippen LogP contribution in [0.1, 0.15) is 0 Å². The smallest absolute Gasteiger partial charge is 0.323 e. The van der Waals surface area contributed by atoms with Crippen LogP contribution in [0.2, 0.25) is 0 Å². The van der Waals surface area contributed by atoms with Crippen molar-refractivity contribution in [1.29, 1.82) is 0 Å². The number of hydrogen-bond acceptors (Lipinski definition) is 2. The topological polar surface area (TPSA) is 61.4 Å². The molecular weight excluding hydrogens is 360 g/mol. The fourth-order valence-electron chi connectivity index (χ4n) is 3.18. The summed E-state index contributed by atoms with van der Waals surface area (Å²) in [6.07, 6.45) is 0. The first kappa shape index (κ1) is 18.3. The molecule has 3 N–H and O–H groups in total. The van der Waals surface area contributed by atoms with E-state index >= 15 is 0 Å². The lowest BCUT2D eigenvalue weighted by Gasteiger charge is -2.13. The van der Waals surface area contributed by atoms with Gasteiger partial charge in [-0.3, -0.25) is 0 Å². The molecule has 0 bridgehead atoms. The number of anilines is 2. The number of urea groups is 1. The van der Waals surface area contributed by atoms with E-state index in [2.05, 4.69) is 10.6 Å². The monoisotopic (exact) mass is 380 g/mol. The first-order valence-corrected chi connectivity index (χ1v) is 9.31. The molecule has 0 radical (unpaired) electrons. The van der Waals surface area contributed by atoms with Crippen LogP contribution in [0, 0.1) is 0 Å². The Morgan fingerprint density at radius 1 is 0.586 bits per heavy atom. The van der Waals surface area contributed by atoms with Crippen LogP contribution in [0.25, 0.3) is 22.3 Å². The van der Waals surface area contributed by atoms with Crippen LogP contribution >= 0.6 is 0 Å². The van der Waals surface area contributed by atoms with Gasteiger partial charge in [-0.2, -0.15) is 0 Å². The third kappa shape index (κ3) is 4.28. The van der Waals surface area contributed by atoms with Gasteiger partial charge in [0.25, 0.3) is 0 Å². The van der Waals surface area contributed by atoms with Crippen LogP contribution < -0.4 is 10.6 Å². The number of benzene rings is 4. The molecule has 0 aliphatic rings. The van der Waals surface area contributed by atoms with Gasteiger partial charge in [0.1, 0.15) is 5.75 Å². The maximum absolute atomic E-state index is 12.6. The number of amides is 2. The molecule has 0 aliphatic heterocycles. The molecule has 0 unspecified atom stereocenters. The largest absolute Gasteiger partial charge is 0.506 e. The van der Waals surface area contributed by atoms with Gasteiger partial charge in [0, 0.05) is 5.56 Å². The van der Waals surface area contributed by atoms with E-state index in [1.54, 1.807) is 12.1 Å². The number of phenolic OH excluding ortho intramolecular Hbond substituents is 1. The molecule has 0 saturated heterocycles. The van der Waals surface area contributed by atoms with Crippen molar-refractivity contribution in [1.82, 2.24) is 0 Å². The molecule has 0 fully saturated rings. The molecule has 4 aromatic carbocycles. The Kier molecular flexibility index (Phi) is 5.25. The molecule has 0 aromatic heterocycles. The fraction of sp³-hybridized carbons (Fsp3) is 0. The highest BCUT2D eigenvalue weighted by molar-refractivity contribution is 6.03. The SMILES string of the molecule is O=C(Nc1cc(-c2ccccc2)ccc1O)Nc1ccccc1-c1ccccc1. The lowest BCUT2D eigenvalue weighted by Crippen LogP contribution is -2.20. The highest BCUT2D eigenvalue weighted by atomic mass is 16.3. The predicted molar refractivity (Wildman–Crippen MR) is 118 cm³/mol. The molecule has 29 heavy (non-hydrogen) atoms. The molecule has 0 saturated carbocycles. The summed E-state index contributed by atoms with van der Waals surface area (Å²) >= 11 is 0. The molecule has 0 atom stereocenters. The highest BCUT2D eigenvalue weighted by Crippen LogP contribution is 2.31. The molecular formula is C25H20N2O2. The second-order valence-corrected chi connectivity index (χ2v) is 6.59. The van der Waals surface area contributed by atoms with Gasteiger partial charge in [-0.15, -0.1) is 0 Å². The van der Waals surface area contributed by atoms with Crippen molar-refractivity contribution >= 4 is 17.4 Å². The van der Waals surface area contributed by atoms with Crippen LogP contribution in [-0.4, -0.2) is 11.1 Å². The second-order valence-electron chi connectivity index (χ2n) is 6.59. The lowest BCUT2D eigenvalue weighted by molar-refractivity contribution is 0.262. The average molecular weight is 380 g/mol. The Morgan fingerprint density at radius 2 is 1.17 bits per heavy atom. The number of hydrogen-bond donors (Lipinski definition) is 3. The van der Waals surface area contributed by atoms with Crippen LogP contribution in [0.5, 0.6) is 5.75 Å². The van der Waals surface area contributed by atoms with E-state index in [4.69, 9.17) is 0 Å². The zero-order valence-corrected chi connectivity index (χ0v) is 15.7. The molecule has 4 rings (SSSR count). The number of para-hydroxylation sites is 1. The van der Waals surface area contributed by atoms with E-state index in [1.807, 2.05) is 91.0 Å². The van der Waals surface area contributed by atoms with Gasteiger partial charge in [-0.25, -0.2) is 4.79 Å². The van der Waals surface area contributed by atoms with Crippen molar-refractivity contribution in [2.45, 2.75) is 0 Å². The van der Waals surface area contributed by atoms with Gasteiger partial charge >= 0.3 is 6.03 Å². The Hall–Kier alpha value is -4.05. The van der Waals surface area contributed by atoms with Gasteiger partial charge in [0.15, 0.2) is 0 Å². The van der Waals surface area contributed by atoms with Crippen LogP contribution in [-0.2, 0) is 0 Å². The molecule has 2 amide bonds. The molecule has 4 heteroatoms. The number of nitrogens with one attached hydrogen (secondary N) is 2. The summed E-state index contributed by atoms with van der Waals surface area (Å²) in [7, 11) is 0. The van der Waals surface area contributed by atoms with Gasteiger partial charge in [-0.05, 0) is 34.9 Å². The predicted octanol–water partition coefficient (Wildman–Crippen LogP) is 6.37.